The van der Waals surface area contributed by atoms with E-state index in [1.807, 2.05) is 0 Å². The van der Waals surface area contributed by atoms with Crippen LogP contribution in [0.4, 0.5) is 0 Å². The second kappa shape index (κ2) is 3.85. The van der Waals surface area contributed by atoms with Gasteiger partial charge in [-0.3, -0.25) is 13.9 Å². The van der Waals surface area contributed by atoms with Crippen LogP contribution in [0.25, 0.3) is 11.2 Å². The molecule has 17 heavy (non-hydrogen) atoms. The number of aromatic nitrogens is 4. The van der Waals surface area contributed by atoms with E-state index in [-0.39, 0.29) is 12.1 Å². The van der Waals surface area contributed by atoms with Crippen LogP contribution in [0.1, 0.15) is 6.92 Å². The first-order chi connectivity index (χ1) is 7.93. The zero-order valence-electron chi connectivity index (χ0n) is 9.91. The van der Waals surface area contributed by atoms with Crippen molar-refractivity contribution in [2.75, 3.05) is 0 Å². The fourth-order valence-corrected chi connectivity index (χ4v) is 1.81. The number of aliphatic hydroxyl groups excluding tert-OH is 1. The second-order valence-electron chi connectivity index (χ2n) is 4.13. The van der Waals surface area contributed by atoms with Crippen LogP contribution in [-0.2, 0) is 20.6 Å². The Hall–Kier alpha value is -1.89. The van der Waals surface area contributed by atoms with Crippen molar-refractivity contribution in [1.29, 1.82) is 0 Å². The third kappa shape index (κ3) is 1.68. The molecule has 0 aliphatic carbocycles. The summed E-state index contributed by atoms with van der Waals surface area (Å²) >= 11 is 0. The molecular formula is C10H14N4O3. The predicted molar refractivity (Wildman–Crippen MR) is 61.9 cm³/mol. The topological polar surface area (TPSA) is 82.1 Å². The number of aryl methyl sites for hydroxylation is 1. The van der Waals surface area contributed by atoms with E-state index in [9.17, 15) is 14.7 Å². The lowest BCUT2D eigenvalue weighted by Gasteiger charge is -2.10. The molecule has 0 amide bonds. The summed E-state index contributed by atoms with van der Waals surface area (Å²) in [5.74, 6) is 0. The maximum Gasteiger partial charge on any atom is 0.332 e. The van der Waals surface area contributed by atoms with E-state index < -0.39 is 11.8 Å². The summed E-state index contributed by atoms with van der Waals surface area (Å²) < 4.78 is 3.89. The third-order valence-corrected chi connectivity index (χ3v) is 2.65. The summed E-state index contributed by atoms with van der Waals surface area (Å²) in [5, 5.41) is 9.38. The molecule has 0 aliphatic heterocycles. The average molecular weight is 238 g/mol. The first kappa shape index (κ1) is 11.6. The van der Waals surface area contributed by atoms with Crippen molar-refractivity contribution in [3.63, 3.8) is 0 Å². The Morgan fingerprint density at radius 2 is 2.06 bits per heavy atom. The molecule has 0 bridgehead atoms. The minimum atomic E-state index is -0.685. The van der Waals surface area contributed by atoms with E-state index in [1.165, 1.54) is 17.9 Å². The SMILES string of the molecule is CC(O)Cn1c(=O)n(C)c(=O)c2c1ncn2C. The molecular weight excluding hydrogens is 224 g/mol. The molecule has 2 aromatic rings. The molecule has 0 aliphatic rings. The Morgan fingerprint density at radius 3 is 2.65 bits per heavy atom. The standard InChI is InChI=1S/C10H14N4O3/c1-6(15)4-14-8-7(12(2)5-11-8)9(16)13(3)10(14)17/h5-6,15H,4H2,1-3H3. The molecule has 1 atom stereocenters. The molecule has 0 aromatic carbocycles. The number of hydrogen-bond donors (Lipinski definition) is 1. The number of nitrogens with zero attached hydrogens (tertiary/aromatic N) is 4. The highest BCUT2D eigenvalue weighted by Crippen LogP contribution is 2.04. The van der Waals surface area contributed by atoms with Gasteiger partial charge >= 0.3 is 5.69 Å². The number of fused-ring (bicyclic) bond motifs is 1. The largest absolute Gasteiger partial charge is 0.392 e. The summed E-state index contributed by atoms with van der Waals surface area (Å²) in [6.45, 7) is 1.69. The van der Waals surface area contributed by atoms with Gasteiger partial charge in [-0.05, 0) is 6.92 Å². The highest BCUT2D eigenvalue weighted by Gasteiger charge is 2.15. The van der Waals surface area contributed by atoms with Crippen LogP contribution < -0.4 is 11.2 Å². The Balaban J connectivity index is 2.92. The van der Waals surface area contributed by atoms with Crippen LogP contribution >= 0.6 is 0 Å². The van der Waals surface area contributed by atoms with Crippen LogP contribution in [0.5, 0.6) is 0 Å². The van der Waals surface area contributed by atoms with Gasteiger partial charge in [0.05, 0.1) is 19.0 Å². The fraction of sp³-hybridized carbons (Fsp3) is 0.500. The van der Waals surface area contributed by atoms with E-state index in [4.69, 9.17) is 0 Å². The molecule has 2 heterocycles. The molecule has 0 fully saturated rings. The number of imidazole rings is 1. The van der Waals surface area contributed by atoms with E-state index in [2.05, 4.69) is 4.98 Å². The van der Waals surface area contributed by atoms with Crippen LogP contribution in [0.15, 0.2) is 15.9 Å². The predicted octanol–water partition coefficient (Wildman–Crippen LogP) is -1.19. The first-order valence-corrected chi connectivity index (χ1v) is 5.22. The van der Waals surface area contributed by atoms with Gasteiger partial charge in [-0.25, -0.2) is 9.78 Å². The van der Waals surface area contributed by atoms with Crippen LogP contribution in [-0.4, -0.2) is 29.9 Å². The van der Waals surface area contributed by atoms with Gasteiger partial charge in [0.1, 0.15) is 0 Å². The van der Waals surface area contributed by atoms with Gasteiger partial charge in [-0.15, -0.1) is 0 Å². The van der Waals surface area contributed by atoms with Crippen LogP contribution in [0.2, 0.25) is 0 Å². The number of hydrogen-bond acceptors (Lipinski definition) is 4. The number of rotatable bonds is 2. The highest BCUT2D eigenvalue weighted by molar-refractivity contribution is 5.69. The van der Waals surface area contributed by atoms with E-state index in [0.717, 1.165) is 4.57 Å². The lowest BCUT2D eigenvalue weighted by molar-refractivity contribution is 0.172. The summed E-state index contributed by atoms with van der Waals surface area (Å²) in [5.41, 5.74) is -0.191. The van der Waals surface area contributed by atoms with Gasteiger partial charge in [-0.2, -0.15) is 0 Å². The monoisotopic (exact) mass is 238 g/mol. The molecule has 1 N–H and O–H groups in total. The Kier molecular flexibility index (Phi) is 2.62. The quantitative estimate of drug-likeness (QED) is 0.713. The van der Waals surface area contributed by atoms with Gasteiger partial charge in [0, 0.05) is 14.1 Å². The van der Waals surface area contributed by atoms with Gasteiger partial charge in [-0.1, -0.05) is 0 Å². The van der Waals surface area contributed by atoms with Crippen molar-refractivity contribution in [2.45, 2.75) is 19.6 Å². The Labute approximate surface area is 96.6 Å². The Morgan fingerprint density at radius 1 is 1.41 bits per heavy atom. The van der Waals surface area contributed by atoms with Crippen molar-refractivity contribution in [1.82, 2.24) is 18.7 Å². The van der Waals surface area contributed by atoms with E-state index >= 15 is 0 Å². The summed E-state index contributed by atoms with van der Waals surface area (Å²) in [4.78, 5) is 27.8. The van der Waals surface area contributed by atoms with Crippen molar-refractivity contribution in [2.24, 2.45) is 14.1 Å². The third-order valence-electron chi connectivity index (χ3n) is 2.65. The molecule has 1 unspecified atom stereocenters. The van der Waals surface area contributed by atoms with Gasteiger partial charge < -0.3 is 9.67 Å². The van der Waals surface area contributed by atoms with E-state index in [0.29, 0.717) is 11.2 Å². The summed E-state index contributed by atoms with van der Waals surface area (Å²) in [6.07, 6.45) is 0.791. The zero-order valence-corrected chi connectivity index (χ0v) is 9.91. The highest BCUT2D eigenvalue weighted by atomic mass is 16.3. The molecule has 92 valence electrons. The van der Waals surface area contributed by atoms with Gasteiger partial charge in [0.15, 0.2) is 11.2 Å². The molecule has 0 radical (unpaired) electrons. The molecule has 7 heteroatoms. The van der Waals surface area contributed by atoms with Gasteiger partial charge in [0.25, 0.3) is 5.56 Å². The molecule has 2 aromatic heterocycles. The molecule has 2 rings (SSSR count). The van der Waals surface area contributed by atoms with Gasteiger partial charge in [0.2, 0.25) is 0 Å². The average Bonchev–Trinajstić information content (AvgIpc) is 2.63. The molecule has 0 spiro atoms. The smallest absolute Gasteiger partial charge is 0.332 e. The zero-order chi connectivity index (χ0) is 12.7. The van der Waals surface area contributed by atoms with Crippen LogP contribution in [0.3, 0.4) is 0 Å². The summed E-state index contributed by atoms with van der Waals surface area (Å²) in [6, 6.07) is 0. The number of aliphatic hydroxyl groups is 1. The molecule has 0 saturated carbocycles. The second-order valence-corrected chi connectivity index (χ2v) is 4.13. The van der Waals surface area contributed by atoms with Crippen molar-refractivity contribution in [3.05, 3.63) is 27.2 Å². The van der Waals surface area contributed by atoms with Crippen molar-refractivity contribution >= 4 is 11.2 Å². The maximum atomic E-state index is 11.9. The maximum absolute atomic E-state index is 11.9. The van der Waals surface area contributed by atoms with E-state index in [1.54, 1.807) is 18.5 Å². The van der Waals surface area contributed by atoms with Crippen molar-refractivity contribution < 1.29 is 5.11 Å². The first-order valence-electron chi connectivity index (χ1n) is 5.22. The van der Waals surface area contributed by atoms with Crippen molar-refractivity contribution in [3.8, 4) is 0 Å². The lowest BCUT2D eigenvalue weighted by Crippen LogP contribution is -2.40. The lowest BCUT2D eigenvalue weighted by atomic mass is 10.4. The summed E-state index contributed by atoms with van der Waals surface area (Å²) in [7, 11) is 3.10. The fourth-order valence-electron chi connectivity index (χ4n) is 1.81. The normalized spacial score (nSPS) is 13.2. The molecule has 7 nitrogen and oxygen atoms in total. The minimum absolute atomic E-state index is 0.112. The molecule has 0 saturated heterocycles. The minimum Gasteiger partial charge on any atom is -0.392 e. The Bertz CT molecular complexity index is 677. The van der Waals surface area contributed by atoms with Crippen LogP contribution in [0, 0.1) is 0 Å².